The summed E-state index contributed by atoms with van der Waals surface area (Å²) in [5.74, 6) is 0.590. The molecule has 1 amide bonds. The Labute approximate surface area is 153 Å². The van der Waals surface area contributed by atoms with Gasteiger partial charge in [0.25, 0.3) is 5.91 Å². The van der Waals surface area contributed by atoms with E-state index >= 15 is 0 Å². The maximum atomic E-state index is 12.3. The molecule has 142 valence electrons. The molecule has 0 aromatic heterocycles. The fourth-order valence-corrected chi connectivity index (χ4v) is 2.35. The van der Waals surface area contributed by atoms with E-state index in [1.807, 2.05) is 0 Å². The number of ether oxygens (including phenoxy) is 4. The van der Waals surface area contributed by atoms with Gasteiger partial charge in [0.2, 0.25) is 6.10 Å². The predicted molar refractivity (Wildman–Crippen MR) is 91.7 cm³/mol. The van der Waals surface area contributed by atoms with Gasteiger partial charge in [0.1, 0.15) is 6.61 Å². The Hall–Kier alpha value is -3.36. The molecule has 0 saturated heterocycles. The molecule has 1 N–H and O–H groups in total. The Morgan fingerprint density at radius 1 is 1.26 bits per heavy atom. The van der Waals surface area contributed by atoms with E-state index in [0.29, 0.717) is 17.1 Å². The second-order valence-electron chi connectivity index (χ2n) is 5.39. The number of nitrogens with one attached hydrogen (secondary N) is 1. The molecule has 1 aliphatic heterocycles. The van der Waals surface area contributed by atoms with Gasteiger partial charge in [-0.05, 0) is 35.9 Å². The minimum atomic E-state index is -2.96. The number of benzene rings is 2. The van der Waals surface area contributed by atoms with Gasteiger partial charge in [0.15, 0.2) is 23.0 Å². The molecule has 1 heterocycles. The molecule has 1 unspecified atom stereocenters. The smallest absolute Gasteiger partial charge is 0.387 e. The third-order valence-corrected chi connectivity index (χ3v) is 3.59. The second-order valence-corrected chi connectivity index (χ2v) is 5.39. The Morgan fingerprint density at radius 3 is 2.78 bits per heavy atom. The van der Waals surface area contributed by atoms with Crippen LogP contribution in [-0.4, -0.2) is 38.6 Å². The summed E-state index contributed by atoms with van der Waals surface area (Å²) in [5, 5.41) is 3.83. The number of halogens is 2. The van der Waals surface area contributed by atoms with E-state index in [1.54, 1.807) is 24.3 Å². The molecule has 9 heteroatoms. The number of alkyl halides is 2. The van der Waals surface area contributed by atoms with Crippen molar-refractivity contribution in [2.45, 2.75) is 12.7 Å². The maximum Gasteiger partial charge on any atom is 0.387 e. The number of rotatable bonds is 6. The van der Waals surface area contributed by atoms with Crippen LogP contribution in [0.3, 0.4) is 0 Å². The quantitative estimate of drug-likeness (QED) is 0.618. The SMILES string of the molecule is COc1cc(C=NNC(=O)C2COc3ccccc3O2)ccc1OC(F)F. The lowest BCUT2D eigenvalue weighted by atomic mass is 10.2. The van der Waals surface area contributed by atoms with Gasteiger partial charge in [-0.25, -0.2) is 5.43 Å². The fourth-order valence-electron chi connectivity index (χ4n) is 2.35. The van der Waals surface area contributed by atoms with Crippen molar-refractivity contribution in [1.29, 1.82) is 0 Å². The maximum absolute atomic E-state index is 12.3. The lowest BCUT2D eigenvalue weighted by Gasteiger charge is -2.24. The van der Waals surface area contributed by atoms with E-state index in [4.69, 9.17) is 14.2 Å². The highest BCUT2D eigenvalue weighted by Crippen LogP contribution is 2.31. The Kier molecular flexibility index (Phi) is 5.70. The largest absolute Gasteiger partial charge is 0.493 e. The van der Waals surface area contributed by atoms with Crippen LogP contribution in [0.15, 0.2) is 47.6 Å². The van der Waals surface area contributed by atoms with Crippen molar-refractivity contribution in [1.82, 2.24) is 5.43 Å². The molecular weight excluding hydrogens is 362 g/mol. The summed E-state index contributed by atoms with van der Waals surface area (Å²) in [6, 6.07) is 11.3. The zero-order chi connectivity index (χ0) is 19.2. The molecule has 1 atom stereocenters. The monoisotopic (exact) mass is 378 g/mol. The summed E-state index contributed by atoms with van der Waals surface area (Å²) in [6.07, 6.45) is 0.498. The zero-order valence-electron chi connectivity index (χ0n) is 14.2. The molecule has 0 aliphatic carbocycles. The Balaban J connectivity index is 1.60. The van der Waals surface area contributed by atoms with E-state index in [9.17, 15) is 13.6 Å². The third-order valence-electron chi connectivity index (χ3n) is 3.59. The summed E-state index contributed by atoms with van der Waals surface area (Å²) >= 11 is 0. The average Bonchev–Trinajstić information content (AvgIpc) is 2.68. The van der Waals surface area contributed by atoms with Crippen LogP contribution in [0.4, 0.5) is 8.78 Å². The van der Waals surface area contributed by atoms with Gasteiger partial charge in [-0.15, -0.1) is 0 Å². The molecule has 2 aromatic rings. The van der Waals surface area contributed by atoms with Crippen LogP contribution < -0.4 is 24.4 Å². The highest BCUT2D eigenvalue weighted by atomic mass is 19.3. The van der Waals surface area contributed by atoms with E-state index in [1.165, 1.54) is 31.5 Å². The normalized spacial score (nSPS) is 15.6. The van der Waals surface area contributed by atoms with E-state index < -0.39 is 18.6 Å². The topological polar surface area (TPSA) is 78.4 Å². The molecule has 7 nitrogen and oxygen atoms in total. The highest BCUT2D eigenvalue weighted by molar-refractivity contribution is 5.85. The van der Waals surface area contributed by atoms with Crippen LogP contribution in [-0.2, 0) is 4.79 Å². The van der Waals surface area contributed by atoms with E-state index in [2.05, 4.69) is 15.3 Å². The van der Waals surface area contributed by atoms with Gasteiger partial charge >= 0.3 is 6.61 Å². The molecule has 1 aliphatic rings. The Morgan fingerprint density at radius 2 is 2.04 bits per heavy atom. The van der Waals surface area contributed by atoms with Gasteiger partial charge in [0, 0.05) is 0 Å². The minimum Gasteiger partial charge on any atom is -0.493 e. The van der Waals surface area contributed by atoms with E-state index in [0.717, 1.165) is 0 Å². The van der Waals surface area contributed by atoms with Crippen molar-refractivity contribution in [3.05, 3.63) is 48.0 Å². The fraction of sp³-hybridized carbons (Fsp3) is 0.222. The first-order valence-corrected chi connectivity index (χ1v) is 7.91. The second kappa shape index (κ2) is 8.35. The number of amides is 1. The summed E-state index contributed by atoms with van der Waals surface area (Å²) < 4.78 is 45.0. The van der Waals surface area contributed by atoms with Crippen molar-refractivity contribution in [2.24, 2.45) is 5.10 Å². The lowest BCUT2D eigenvalue weighted by molar-refractivity contribution is -0.130. The molecular formula is C18H16F2N2O5. The molecule has 2 aromatic carbocycles. The molecule has 0 fully saturated rings. The van der Waals surface area contributed by atoms with Gasteiger partial charge in [0.05, 0.1) is 13.3 Å². The van der Waals surface area contributed by atoms with Crippen LogP contribution in [0.5, 0.6) is 23.0 Å². The van der Waals surface area contributed by atoms with Gasteiger partial charge in [-0.1, -0.05) is 12.1 Å². The van der Waals surface area contributed by atoms with Crippen molar-refractivity contribution in [2.75, 3.05) is 13.7 Å². The first-order valence-electron chi connectivity index (χ1n) is 7.91. The number of hydrogen-bond donors (Lipinski definition) is 1. The van der Waals surface area contributed by atoms with Crippen LogP contribution in [0.2, 0.25) is 0 Å². The van der Waals surface area contributed by atoms with Crippen LogP contribution >= 0.6 is 0 Å². The average molecular weight is 378 g/mol. The van der Waals surface area contributed by atoms with Gasteiger partial charge < -0.3 is 18.9 Å². The first-order chi connectivity index (χ1) is 13.1. The number of carbonyl (C=O) groups is 1. The first kappa shape index (κ1) is 18.4. The van der Waals surface area contributed by atoms with Crippen LogP contribution in [0.1, 0.15) is 5.56 Å². The number of hydrazone groups is 1. The van der Waals surface area contributed by atoms with Crippen molar-refractivity contribution in [3.63, 3.8) is 0 Å². The molecule has 3 rings (SSSR count). The van der Waals surface area contributed by atoms with Gasteiger partial charge in [-0.2, -0.15) is 13.9 Å². The van der Waals surface area contributed by atoms with Crippen molar-refractivity contribution >= 4 is 12.1 Å². The standard InChI is InChI=1S/C18H16F2N2O5/c1-24-15-8-11(6-7-14(15)27-18(19)20)9-21-22-17(23)16-10-25-12-4-2-3-5-13(12)26-16/h2-9,16,18H,10H2,1H3,(H,22,23). The summed E-state index contributed by atoms with van der Waals surface area (Å²) in [7, 11) is 1.33. The predicted octanol–water partition coefficient (Wildman–Crippen LogP) is 2.59. The number of nitrogens with zero attached hydrogens (tertiary/aromatic N) is 1. The molecule has 0 saturated carbocycles. The highest BCUT2D eigenvalue weighted by Gasteiger charge is 2.27. The number of methoxy groups -OCH3 is 1. The summed E-state index contributed by atoms with van der Waals surface area (Å²) in [4.78, 5) is 12.1. The molecule has 27 heavy (non-hydrogen) atoms. The molecule has 0 bridgehead atoms. The van der Waals surface area contributed by atoms with Crippen molar-refractivity contribution < 1.29 is 32.5 Å². The van der Waals surface area contributed by atoms with Crippen LogP contribution in [0, 0.1) is 0 Å². The molecule has 0 radical (unpaired) electrons. The van der Waals surface area contributed by atoms with Gasteiger partial charge in [-0.3, -0.25) is 4.79 Å². The third kappa shape index (κ3) is 4.63. The Bertz CT molecular complexity index is 844. The lowest BCUT2D eigenvalue weighted by Crippen LogP contribution is -2.42. The minimum absolute atomic E-state index is 0.0614. The van der Waals surface area contributed by atoms with Crippen molar-refractivity contribution in [3.8, 4) is 23.0 Å². The zero-order valence-corrected chi connectivity index (χ0v) is 14.2. The van der Waals surface area contributed by atoms with E-state index in [-0.39, 0.29) is 18.1 Å². The number of fused-ring (bicyclic) bond motifs is 1. The summed E-state index contributed by atoms with van der Waals surface area (Å²) in [6.45, 7) is -2.90. The number of carbonyl (C=O) groups excluding carboxylic acids is 1. The molecule has 0 spiro atoms. The number of hydrogen-bond acceptors (Lipinski definition) is 6. The summed E-state index contributed by atoms with van der Waals surface area (Å²) in [5.41, 5.74) is 2.86. The number of para-hydroxylation sites is 2. The van der Waals surface area contributed by atoms with Crippen LogP contribution in [0.25, 0.3) is 0 Å².